The van der Waals surface area contributed by atoms with E-state index in [0.29, 0.717) is 30.4 Å². The number of benzene rings is 1. The van der Waals surface area contributed by atoms with Crippen molar-refractivity contribution in [1.82, 2.24) is 19.4 Å². The smallest absolute Gasteiger partial charge is 0.303 e. The maximum Gasteiger partial charge on any atom is 0.303 e. The van der Waals surface area contributed by atoms with Crippen LogP contribution in [-0.2, 0) is 9.63 Å². The minimum absolute atomic E-state index is 0.0741. The lowest BCUT2D eigenvalue weighted by atomic mass is 9.64. The molecule has 6 rings (SSSR count). The molecule has 1 aromatic carbocycles. The molecule has 0 spiro atoms. The lowest BCUT2D eigenvalue weighted by Crippen LogP contribution is -2.59. The van der Waals surface area contributed by atoms with Crippen LogP contribution in [0.15, 0.2) is 34.2 Å². The molecule has 1 N–H and O–H groups in total. The average molecular weight is 620 g/mol. The second-order valence-corrected chi connectivity index (χ2v) is 14.7. The summed E-state index contributed by atoms with van der Waals surface area (Å²) in [6, 6.07) is 9.63. The van der Waals surface area contributed by atoms with E-state index >= 15 is 0 Å². The van der Waals surface area contributed by atoms with Gasteiger partial charge in [0.05, 0.1) is 17.5 Å². The summed E-state index contributed by atoms with van der Waals surface area (Å²) in [6.07, 6.45) is 14.6. The third-order valence-corrected chi connectivity index (χ3v) is 11.2. The predicted molar refractivity (Wildman–Crippen MR) is 178 cm³/mol. The van der Waals surface area contributed by atoms with Gasteiger partial charge in [0.15, 0.2) is 5.69 Å². The zero-order chi connectivity index (χ0) is 31.5. The Balaban J connectivity index is 1.29. The first-order chi connectivity index (χ1) is 21.8. The van der Waals surface area contributed by atoms with E-state index in [0.717, 1.165) is 54.6 Å². The molecule has 0 amide bonds. The van der Waals surface area contributed by atoms with Gasteiger partial charge in [0.2, 0.25) is 0 Å². The zero-order valence-corrected chi connectivity index (χ0v) is 27.6. The number of nitrogens with zero attached hydrogens (tertiary/aromatic N) is 5. The fourth-order valence-electron chi connectivity index (χ4n) is 9.43. The van der Waals surface area contributed by atoms with Gasteiger partial charge in [0.25, 0.3) is 5.56 Å². The molecule has 9 heteroatoms. The van der Waals surface area contributed by atoms with Crippen molar-refractivity contribution in [2.24, 2.45) is 22.9 Å². The number of rotatable bonds is 12. The van der Waals surface area contributed by atoms with Crippen molar-refractivity contribution in [3.05, 3.63) is 40.3 Å². The van der Waals surface area contributed by atoms with Gasteiger partial charge in [-0.15, -0.1) is 0 Å². The molecule has 2 saturated heterocycles. The molecule has 2 aliphatic carbocycles. The van der Waals surface area contributed by atoms with Crippen molar-refractivity contribution < 1.29 is 14.7 Å². The number of aliphatic carboxylic acids is 1. The number of aromatic nitrogens is 2. The Morgan fingerprint density at radius 3 is 2.36 bits per heavy atom. The molecule has 9 nitrogen and oxygen atoms in total. The van der Waals surface area contributed by atoms with Crippen molar-refractivity contribution >= 4 is 22.7 Å². The van der Waals surface area contributed by atoms with E-state index in [2.05, 4.69) is 21.9 Å². The van der Waals surface area contributed by atoms with Gasteiger partial charge >= 0.3 is 5.97 Å². The summed E-state index contributed by atoms with van der Waals surface area (Å²) >= 11 is 0. The average Bonchev–Trinajstić information content (AvgIpc) is 3.00. The van der Waals surface area contributed by atoms with Crippen LogP contribution in [0.4, 0.5) is 0 Å². The van der Waals surface area contributed by atoms with E-state index in [9.17, 15) is 14.7 Å². The lowest BCUT2D eigenvalue weighted by Gasteiger charge is -2.56. The second-order valence-electron chi connectivity index (χ2n) is 14.7. The predicted octanol–water partition coefficient (Wildman–Crippen LogP) is 6.10. The summed E-state index contributed by atoms with van der Waals surface area (Å²) in [7, 11) is 4.01. The summed E-state index contributed by atoms with van der Waals surface area (Å²) in [6.45, 7) is 3.61. The fourth-order valence-corrected chi connectivity index (χ4v) is 9.43. The summed E-state index contributed by atoms with van der Waals surface area (Å²) in [5.74, 6) is 1.75. The molecule has 45 heavy (non-hydrogen) atoms. The Morgan fingerprint density at radius 2 is 1.69 bits per heavy atom. The highest BCUT2D eigenvalue weighted by atomic mass is 16.6. The standard InChI is InChI=1S/C36H53N5O4/c1-4-24-17-25-19-26(18-24)21-29(20-25)40-27-9-7-10-28(40)23-30(22-27)41-33-12-6-5-11-31(33)37-35(36(41)44)32(13-14-34(42)43)38-45-16-8-15-39(2)3/h5-6,11-12,24-30H,4,7-10,13-23H2,1-3H3,(H,42,43)/b38-32+/t24?,25-,26+,27-,28+,29?,30?. The van der Waals surface area contributed by atoms with Crippen LogP contribution in [0.2, 0.25) is 0 Å². The van der Waals surface area contributed by atoms with Gasteiger partial charge in [0.1, 0.15) is 12.3 Å². The lowest BCUT2D eigenvalue weighted by molar-refractivity contribution is -0.136. The van der Waals surface area contributed by atoms with Gasteiger partial charge in [-0.1, -0.05) is 37.1 Å². The first kappa shape index (κ1) is 32.2. The van der Waals surface area contributed by atoms with Gasteiger partial charge in [0, 0.05) is 37.1 Å². The van der Waals surface area contributed by atoms with E-state index in [-0.39, 0.29) is 30.1 Å². The van der Waals surface area contributed by atoms with E-state index in [1.807, 2.05) is 42.9 Å². The molecule has 3 heterocycles. The summed E-state index contributed by atoms with van der Waals surface area (Å²) < 4.78 is 1.99. The topological polar surface area (TPSA) is 100 Å². The van der Waals surface area contributed by atoms with Crippen LogP contribution in [0.1, 0.15) is 109 Å². The number of para-hydroxylation sites is 2. The Labute approximate surface area is 268 Å². The van der Waals surface area contributed by atoms with Crippen LogP contribution in [0.5, 0.6) is 0 Å². The van der Waals surface area contributed by atoms with Gasteiger partial charge in [-0.2, -0.15) is 0 Å². The molecule has 2 aliphatic heterocycles. The molecule has 4 bridgehead atoms. The monoisotopic (exact) mass is 619 g/mol. The molecule has 3 unspecified atom stereocenters. The molecule has 2 saturated carbocycles. The number of carboxylic acid groups (broad SMARTS) is 1. The van der Waals surface area contributed by atoms with Crippen LogP contribution >= 0.6 is 0 Å². The van der Waals surface area contributed by atoms with Crippen molar-refractivity contribution in [2.45, 2.75) is 121 Å². The number of carbonyl (C=O) groups is 1. The van der Waals surface area contributed by atoms with Crippen molar-refractivity contribution in [1.29, 1.82) is 0 Å². The van der Waals surface area contributed by atoms with E-state index < -0.39 is 5.97 Å². The van der Waals surface area contributed by atoms with Gasteiger partial charge in [-0.05, 0) is 108 Å². The molecule has 2 aromatic rings. The number of piperidine rings is 2. The molecule has 246 valence electrons. The number of hydrogen-bond acceptors (Lipinski definition) is 7. The minimum atomic E-state index is -0.936. The molecule has 7 atom stereocenters. The molecular formula is C36H53N5O4. The Morgan fingerprint density at radius 1 is 0.978 bits per heavy atom. The minimum Gasteiger partial charge on any atom is -0.481 e. The van der Waals surface area contributed by atoms with Crippen molar-refractivity contribution in [3.8, 4) is 0 Å². The quantitative estimate of drug-likeness (QED) is 0.174. The number of oxime groups is 1. The second kappa shape index (κ2) is 14.3. The van der Waals surface area contributed by atoms with Crippen molar-refractivity contribution in [2.75, 3.05) is 27.2 Å². The van der Waals surface area contributed by atoms with Crippen LogP contribution in [0.3, 0.4) is 0 Å². The van der Waals surface area contributed by atoms with Crippen molar-refractivity contribution in [3.63, 3.8) is 0 Å². The third kappa shape index (κ3) is 7.30. The normalized spacial score (nSPS) is 30.5. The Kier molecular flexibility index (Phi) is 10.2. The zero-order valence-electron chi connectivity index (χ0n) is 27.6. The number of carboxylic acids is 1. The fraction of sp³-hybridized carbons (Fsp3) is 0.722. The van der Waals surface area contributed by atoms with Gasteiger partial charge < -0.3 is 19.4 Å². The summed E-state index contributed by atoms with van der Waals surface area (Å²) in [5.41, 5.74) is 1.96. The number of hydrogen-bond donors (Lipinski definition) is 1. The maximum atomic E-state index is 14.4. The first-order valence-corrected chi connectivity index (χ1v) is 17.6. The molecule has 0 radical (unpaired) electrons. The molecule has 1 aromatic heterocycles. The SMILES string of the molecule is CCC1C[C@@H]2CC(N3[C@@H]4CCC[C@H]3CC(n3c(=O)c(/C(CCC(=O)O)=N/OCCCN(C)C)nc5ccccc53)C4)C[C@H](C1)C2. The van der Waals surface area contributed by atoms with E-state index in [4.69, 9.17) is 9.82 Å². The Bertz CT molecular complexity index is 1390. The van der Waals surface area contributed by atoms with Crippen LogP contribution < -0.4 is 5.56 Å². The highest BCUT2D eigenvalue weighted by Gasteiger charge is 2.46. The summed E-state index contributed by atoms with van der Waals surface area (Å²) in [5, 5.41) is 13.8. The molecule has 4 aliphatic rings. The molecular weight excluding hydrogens is 566 g/mol. The largest absolute Gasteiger partial charge is 0.481 e. The highest BCUT2D eigenvalue weighted by Crippen LogP contribution is 2.49. The summed E-state index contributed by atoms with van der Waals surface area (Å²) in [4.78, 5) is 41.4. The van der Waals surface area contributed by atoms with Crippen LogP contribution in [-0.4, -0.2) is 81.5 Å². The van der Waals surface area contributed by atoms with Crippen LogP contribution in [0, 0.1) is 17.8 Å². The van der Waals surface area contributed by atoms with Gasteiger partial charge in [-0.3, -0.25) is 14.5 Å². The highest BCUT2D eigenvalue weighted by molar-refractivity contribution is 6.00. The maximum absolute atomic E-state index is 14.4. The Hall–Kier alpha value is -2.78. The van der Waals surface area contributed by atoms with Gasteiger partial charge in [-0.25, -0.2) is 4.98 Å². The van der Waals surface area contributed by atoms with E-state index in [1.54, 1.807) is 0 Å². The molecule has 4 fully saturated rings. The number of fused-ring (bicyclic) bond motifs is 5. The van der Waals surface area contributed by atoms with E-state index in [1.165, 1.54) is 57.8 Å². The first-order valence-electron chi connectivity index (χ1n) is 17.6. The third-order valence-electron chi connectivity index (χ3n) is 11.2. The van der Waals surface area contributed by atoms with Crippen LogP contribution in [0.25, 0.3) is 11.0 Å².